The van der Waals surface area contributed by atoms with Gasteiger partial charge in [0.05, 0.1) is 6.42 Å². The Morgan fingerprint density at radius 1 is 1.38 bits per heavy atom. The summed E-state index contributed by atoms with van der Waals surface area (Å²) in [6, 6.07) is 7.79. The van der Waals surface area contributed by atoms with E-state index in [1.54, 1.807) is 31.2 Å². The Bertz CT molecular complexity index is 751. The molecule has 0 radical (unpaired) electrons. The van der Waals surface area contributed by atoms with Crippen LogP contribution in [0.4, 0.5) is 5.69 Å². The SMILES string of the molecule is Cc1cc(CS(=O)(=O)Nc2cccc(CC(=O)O)c2)no1. The molecule has 21 heavy (non-hydrogen) atoms. The smallest absolute Gasteiger partial charge is 0.307 e. The lowest BCUT2D eigenvalue weighted by Gasteiger charge is -2.07. The monoisotopic (exact) mass is 310 g/mol. The molecule has 1 heterocycles. The van der Waals surface area contributed by atoms with Gasteiger partial charge in [-0.05, 0) is 24.6 Å². The van der Waals surface area contributed by atoms with Crippen molar-refractivity contribution in [3.63, 3.8) is 0 Å². The number of benzene rings is 1. The average molecular weight is 310 g/mol. The minimum atomic E-state index is -3.64. The normalized spacial score (nSPS) is 11.3. The first-order valence-corrected chi connectivity index (χ1v) is 7.73. The first kappa shape index (κ1) is 15.0. The maximum Gasteiger partial charge on any atom is 0.307 e. The van der Waals surface area contributed by atoms with Gasteiger partial charge in [-0.1, -0.05) is 17.3 Å². The molecule has 112 valence electrons. The quantitative estimate of drug-likeness (QED) is 0.837. The fraction of sp³-hybridized carbons (Fsp3) is 0.231. The van der Waals surface area contributed by atoms with Crippen molar-refractivity contribution < 1.29 is 22.8 Å². The summed E-state index contributed by atoms with van der Waals surface area (Å²) >= 11 is 0. The third kappa shape index (κ3) is 4.60. The molecule has 0 spiro atoms. The van der Waals surface area contributed by atoms with E-state index in [0.717, 1.165) is 0 Å². The number of nitrogens with one attached hydrogen (secondary N) is 1. The fourth-order valence-electron chi connectivity index (χ4n) is 1.82. The lowest BCUT2D eigenvalue weighted by Crippen LogP contribution is -2.15. The number of aromatic nitrogens is 1. The highest BCUT2D eigenvalue weighted by Gasteiger charge is 2.15. The summed E-state index contributed by atoms with van der Waals surface area (Å²) in [4.78, 5) is 10.7. The number of hydrogen-bond acceptors (Lipinski definition) is 5. The van der Waals surface area contributed by atoms with E-state index in [-0.39, 0.29) is 12.2 Å². The van der Waals surface area contributed by atoms with Crippen LogP contribution in [0.3, 0.4) is 0 Å². The third-order valence-corrected chi connectivity index (χ3v) is 3.79. The molecule has 2 N–H and O–H groups in total. The van der Waals surface area contributed by atoms with Gasteiger partial charge < -0.3 is 9.63 Å². The number of sulfonamides is 1. The van der Waals surface area contributed by atoms with Crippen LogP contribution in [0, 0.1) is 6.92 Å². The molecule has 0 saturated carbocycles. The summed E-state index contributed by atoms with van der Waals surface area (Å²) in [5.74, 6) is -0.759. The van der Waals surface area contributed by atoms with E-state index in [1.165, 1.54) is 6.07 Å². The van der Waals surface area contributed by atoms with Crippen LogP contribution in [0.2, 0.25) is 0 Å². The molecule has 0 atom stereocenters. The van der Waals surface area contributed by atoms with Gasteiger partial charge in [-0.25, -0.2) is 8.42 Å². The van der Waals surface area contributed by atoms with E-state index in [0.29, 0.717) is 22.7 Å². The third-order valence-electron chi connectivity index (χ3n) is 2.57. The molecule has 0 aliphatic heterocycles. The topological polar surface area (TPSA) is 110 Å². The number of rotatable bonds is 6. The van der Waals surface area contributed by atoms with Gasteiger partial charge in [-0.3, -0.25) is 9.52 Å². The first-order chi connectivity index (χ1) is 9.84. The standard InChI is InChI=1S/C13H14N2O5S/c1-9-5-12(14-20-9)8-21(18,19)15-11-4-2-3-10(6-11)7-13(16)17/h2-6,15H,7-8H2,1H3,(H,16,17). The molecule has 0 bridgehead atoms. The zero-order valence-electron chi connectivity index (χ0n) is 11.2. The number of aryl methyl sites for hydroxylation is 1. The maximum atomic E-state index is 12.0. The molecule has 0 amide bonds. The molecule has 0 fully saturated rings. The van der Waals surface area contributed by atoms with Crippen molar-refractivity contribution in [1.29, 1.82) is 0 Å². The van der Waals surface area contributed by atoms with Crippen LogP contribution in [-0.4, -0.2) is 24.7 Å². The van der Waals surface area contributed by atoms with Crippen molar-refractivity contribution in [2.45, 2.75) is 19.1 Å². The van der Waals surface area contributed by atoms with Crippen LogP contribution >= 0.6 is 0 Å². The number of carboxylic acid groups (broad SMARTS) is 1. The number of anilines is 1. The first-order valence-electron chi connectivity index (χ1n) is 6.07. The molecule has 0 saturated heterocycles. The van der Waals surface area contributed by atoms with Gasteiger partial charge in [0, 0.05) is 11.8 Å². The number of carbonyl (C=O) groups is 1. The Morgan fingerprint density at radius 2 is 2.14 bits per heavy atom. The second kappa shape index (κ2) is 5.96. The van der Waals surface area contributed by atoms with Crippen LogP contribution in [0.1, 0.15) is 17.0 Å². The zero-order chi connectivity index (χ0) is 15.5. The van der Waals surface area contributed by atoms with Gasteiger partial charge in [0.1, 0.15) is 17.2 Å². The van der Waals surface area contributed by atoms with Crippen LogP contribution in [0.25, 0.3) is 0 Å². The van der Waals surface area contributed by atoms with Gasteiger partial charge in [0.2, 0.25) is 10.0 Å². The highest BCUT2D eigenvalue weighted by Crippen LogP contribution is 2.15. The molecule has 0 aliphatic rings. The van der Waals surface area contributed by atoms with Crippen LogP contribution in [0.15, 0.2) is 34.9 Å². The van der Waals surface area contributed by atoms with Crippen LogP contribution < -0.4 is 4.72 Å². The Kier molecular flexibility index (Phi) is 4.27. The summed E-state index contributed by atoms with van der Waals surface area (Å²) in [7, 11) is -3.64. The van der Waals surface area contributed by atoms with Crippen molar-refractivity contribution in [3.05, 3.63) is 47.3 Å². The lowest BCUT2D eigenvalue weighted by atomic mass is 10.1. The summed E-state index contributed by atoms with van der Waals surface area (Å²) in [6.07, 6.45) is -0.169. The molecular formula is C13H14N2O5S. The molecule has 0 aliphatic carbocycles. The van der Waals surface area contributed by atoms with Crippen molar-refractivity contribution >= 4 is 21.7 Å². The molecule has 7 nitrogen and oxygen atoms in total. The Morgan fingerprint density at radius 3 is 2.76 bits per heavy atom. The number of carboxylic acids is 1. The van der Waals surface area contributed by atoms with Crippen molar-refractivity contribution in [2.24, 2.45) is 0 Å². The largest absolute Gasteiger partial charge is 0.481 e. The summed E-state index contributed by atoms with van der Waals surface area (Å²) < 4.78 is 31.2. The van der Waals surface area contributed by atoms with Crippen molar-refractivity contribution in [3.8, 4) is 0 Å². The van der Waals surface area contributed by atoms with Crippen molar-refractivity contribution in [1.82, 2.24) is 5.16 Å². The highest BCUT2D eigenvalue weighted by atomic mass is 32.2. The number of nitrogens with zero attached hydrogens (tertiary/aromatic N) is 1. The minimum absolute atomic E-state index is 0.169. The van der Waals surface area contributed by atoms with E-state index in [4.69, 9.17) is 9.63 Å². The fourth-order valence-corrected chi connectivity index (χ4v) is 2.90. The van der Waals surface area contributed by atoms with Gasteiger partial charge in [-0.2, -0.15) is 0 Å². The Balaban J connectivity index is 2.11. The molecule has 1 aromatic heterocycles. The summed E-state index contributed by atoms with van der Waals surface area (Å²) in [5, 5.41) is 12.4. The van der Waals surface area contributed by atoms with E-state index in [1.807, 2.05) is 0 Å². The van der Waals surface area contributed by atoms with Crippen LogP contribution in [0.5, 0.6) is 0 Å². The summed E-state index contributed by atoms with van der Waals surface area (Å²) in [6.45, 7) is 1.67. The Labute approximate surface area is 121 Å². The zero-order valence-corrected chi connectivity index (χ0v) is 12.1. The van der Waals surface area contributed by atoms with Crippen molar-refractivity contribution in [2.75, 3.05) is 4.72 Å². The van der Waals surface area contributed by atoms with Gasteiger partial charge >= 0.3 is 5.97 Å². The lowest BCUT2D eigenvalue weighted by molar-refractivity contribution is -0.136. The average Bonchev–Trinajstić information content (AvgIpc) is 2.72. The van der Waals surface area contributed by atoms with Gasteiger partial charge in [0.25, 0.3) is 0 Å². The van der Waals surface area contributed by atoms with Crippen LogP contribution in [-0.2, 0) is 27.0 Å². The molecule has 2 rings (SSSR count). The Hall–Kier alpha value is -2.35. The highest BCUT2D eigenvalue weighted by molar-refractivity contribution is 7.91. The van der Waals surface area contributed by atoms with Gasteiger partial charge in [-0.15, -0.1) is 0 Å². The molecule has 1 aromatic carbocycles. The number of aliphatic carboxylic acids is 1. The predicted octanol–water partition coefficient (Wildman–Crippen LogP) is 1.55. The summed E-state index contributed by atoms with van der Waals surface area (Å²) in [5.41, 5.74) is 1.13. The van der Waals surface area contributed by atoms with E-state index < -0.39 is 16.0 Å². The molecule has 0 unspecified atom stereocenters. The van der Waals surface area contributed by atoms with E-state index >= 15 is 0 Å². The maximum absolute atomic E-state index is 12.0. The van der Waals surface area contributed by atoms with E-state index in [2.05, 4.69) is 9.88 Å². The van der Waals surface area contributed by atoms with Gasteiger partial charge in [0.15, 0.2) is 0 Å². The number of hydrogen-bond donors (Lipinski definition) is 2. The predicted molar refractivity (Wildman–Crippen MR) is 75.3 cm³/mol. The van der Waals surface area contributed by atoms with E-state index in [9.17, 15) is 13.2 Å². The second-order valence-corrected chi connectivity index (χ2v) is 6.28. The second-order valence-electron chi connectivity index (χ2n) is 4.56. The molecule has 2 aromatic rings. The molecule has 8 heteroatoms. The molecular weight excluding hydrogens is 296 g/mol. The minimum Gasteiger partial charge on any atom is -0.481 e.